The average Bonchev–Trinajstić information content (AvgIpc) is 2.92. The molecule has 1 aromatic rings. The highest BCUT2D eigenvalue weighted by Gasteiger charge is 2.30. The molecule has 0 radical (unpaired) electrons. The van der Waals surface area contributed by atoms with Gasteiger partial charge in [0.15, 0.2) is 0 Å². The zero-order valence-corrected chi connectivity index (χ0v) is 22.2. The maximum Gasteiger partial charge on any atom is 0.0605 e. The topological polar surface area (TPSA) is 28.2 Å². The number of rotatable bonds is 9. The van der Waals surface area contributed by atoms with Gasteiger partial charge in [0.05, 0.1) is 12.7 Å². The predicted octanol–water partition coefficient (Wildman–Crippen LogP) is 5.44. The lowest BCUT2D eigenvalue weighted by Gasteiger charge is -2.39. The maximum atomic E-state index is 5.61. The molecule has 34 heavy (non-hydrogen) atoms. The number of allylic oxidation sites excluding steroid dienone is 2. The van der Waals surface area contributed by atoms with E-state index in [-0.39, 0.29) is 0 Å². The highest BCUT2D eigenvalue weighted by molar-refractivity contribution is 5.80. The van der Waals surface area contributed by atoms with Gasteiger partial charge in [0, 0.05) is 77.0 Å². The molecule has 190 valence electrons. The number of piperazine rings is 1. The minimum atomic E-state index is 0.418. The molecule has 1 aliphatic carbocycles. The fraction of sp³-hybridized carbons (Fsp3) is 0.724. The Morgan fingerprint density at radius 1 is 0.941 bits per heavy atom. The van der Waals surface area contributed by atoms with E-state index in [0.29, 0.717) is 11.5 Å². The number of hydrogen-bond donors (Lipinski definition) is 0. The molecule has 0 N–H and O–H groups in total. The molecule has 1 aromatic carbocycles. The van der Waals surface area contributed by atoms with Crippen LogP contribution in [0.1, 0.15) is 64.4 Å². The number of ether oxygens (including phenoxy) is 2. The van der Waals surface area contributed by atoms with Crippen LogP contribution in [0.2, 0.25) is 0 Å². The van der Waals surface area contributed by atoms with Gasteiger partial charge in [-0.15, -0.1) is 0 Å². The number of benzene rings is 1. The first-order valence-corrected chi connectivity index (χ1v) is 13.7. The first-order valence-electron chi connectivity index (χ1n) is 13.7. The van der Waals surface area contributed by atoms with Gasteiger partial charge in [0.2, 0.25) is 0 Å². The Labute approximate surface area is 208 Å². The number of hydrogen-bond acceptors (Lipinski definition) is 5. The van der Waals surface area contributed by atoms with Crippen LogP contribution in [0, 0.1) is 5.41 Å². The molecule has 2 aliphatic heterocycles. The van der Waals surface area contributed by atoms with Gasteiger partial charge in [-0.3, -0.25) is 4.90 Å². The molecule has 5 heteroatoms. The molecule has 0 bridgehead atoms. The van der Waals surface area contributed by atoms with Gasteiger partial charge >= 0.3 is 0 Å². The van der Waals surface area contributed by atoms with Crippen molar-refractivity contribution in [1.29, 1.82) is 0 Å². The lowest BCUT2D eigenvalue weighted by atomic mass is 9.70. The largest absolute Gasteiger partial charge is 0.383 e. The summed E-state index contributed by atoms with van der Waals surface area (Å²) in [7, 11) is 3.65. The van der Waals surface area contributed by atoms with Crippen molar-refractivity contribution in [1.82, 2.24) is 4.90 Å². The fourth-order valence-corrected chi connectivity index (χ4v) is 6.12. The van der Waals surface area contributed by atoms with E-state index in [9.17, 15) is 0 Å². The third-order valence-corrected chi connectivity index (χ3v) is 9.00. The number of anilines is 2. The van der Waals surface area contributed by atoms with Gasteiger partial charge in [-0.05, 0) is 61.3 Å². The van der Waals surface area contributed by atoms with Gasteiger partial charge in [-0.25, -0.2) is 0 Å². The van der Waals surface area contributed by atoms with E-state index in [0.717, 1.165) is 65.3 Å². The Bertz CT molecular complexity index is 804. The van der Waals surface area contributed by atoms with Crippen LogP contribution in [-0.4, -0.2) is 77.6 Å². The molecule has 0 aromatic heterocycles. The molecule has 2 fully saturated rings. The molecular weight excluding hydrogens is 422 g/mol. The molecule has 2 heterocycles. The SMILES string of the molecule is CCC1(CC)CC=C(c2cc(N3CCC(OC)CC3)ccc2N2CCN(CCOC)CC2)CC1. The van der Waals surface area contributed by atoms with Crippen molar-refractivity contribution < 1.29 is 9.47 Å². The normalized spacial score (nSPS) is 22.2. The Hall–Kier alpha value is -1.56. The second-order valence-corrected chi connectivity index (χ2v) is 10.6. The quantitative estimate of drug-likeness (QED) is 0.480. The Morgan fingerprint density at radius 2 is 1.68 bits per heavy atom. The van der Waals surface area contributed by atoms with Crippen LogP contribution in [0.3, 0.4) is 0 Å². The molecule has 4 rings (SSSR count). The third kappa shape index (κ3) is 5.80. The van der Waals surface area contributed by atoms with Crippen molar-refractivity contribution in [3.8, 4) is 0 Å². The summed E-state index contributed by atoms with van der Waals surface area (Å²) < 4.78 is 10.9. The smallest absolute Gasteiger partial charge is 0.0605 e. The molecule has 0 spiro atoms. The summed E-state index contributed by atoms with van der Waals surface area (Å²) in [5.74, 6) is 0. The predicted molar refractivity (Wildman–Crippen MR) is 144 cm³/mol. The summed E-state index contributed by atoms with van der Waals surface area (Å²) in [6.45, 7) is 13.2. The van der Waals surface area contributed by atoms with Crippen molar-refractivity contribution in [2.24, 2.45) is 5.41 Å². The first kappa shape index (κ1) is 25.5. The monoisotopic (exact) mass is 469 g/mol. The second kappa shape index (κ2) is 11.9. The first-order chi connectivity index (χ1) is 16.6. The van der Waals surface area contributed by atoms with E-state index in [1.807, 2.05) is 7.11 Å². The highest BCUT2D eigenvalue weighted by atomic mass is 16.5. The lowest BCUT2D eigenvalue weighted by molar-refractivity contribution is 0.0819. The average molecular weight is 470 g/mol. The third-order valence-electron chi connectivity index (χ3n) is 9.00. The van der Waals surface area contributed by atoms with Crippen LogP contribution in [0.5, 0.6) is 0 Å². The summed E-state index contributed by atoms with van der Waals surface area (Å²) in [6.07, 6.45) is 11.6. The standard InChI is InChI=1S/C29H47N3O2/c1-5-29(6-2)13-9-24(10-14-29)27-23-25(31-15-11-26(34-4)12-16-31)7-8-28(27)32-19-17-30(18-20-32)21-22-33-3/h7-9,23,26H,5-6,10-22H2,1-4H3. The molecule has 0 saturated carbocycles. The fourth-order valence-electron chi connectivity index (χ4n) is 6.12. The maximum absolute atomic E-state index is 5.61. The molecule has 5 nitrogen and oxygen atoms in total. The van der Waals surface area contributed by atoms with Gasteiger partial charge in [0.25, 0.3) is 0 Å². The summed E-state index contributed by atoms with van der Waals surface area (Å²) in [6, 6.07) is 7.30. The minimum absolute atomic E-state index is 0.418. The van der Waals surface area contributed by atoms with E-state index < -0.39 is 0 Å². The van der Waals surface area contributed by atoms with Crippen LogP contribution in [0.4, 0.5) is 11.4 Å². The van der Waals surface area contributed by atoms with Gasteiger partial charge in [-0.2, -0.15) is 0 Å². The summed E-state index contributed by atoms with van der Waals surface area (Å²) in [5.41, 5.74) is 6.39. The van der Waals surface area contributed by atoms with Crippen molar-refractivity contribution >= 4 is 16.9 Å². The Morgan fingerprint density at radius 3 is 2.26 bits per heavy atom. The van der Waals surface area contributed by atoms with E-state index in [1.54, 1.807) is 12.7 Å². The van der Waals surface area contributed by atoms with Crippen LogP contribution >= 0.6 is 0 Å². The van der Waals surface area contributed by atoms with Gasteiger partial charge in [0.1, 0.15) is 0 Å². The van der Waals surface area contributed by atoms with E-state index >= 15 is 0 Å². The highest BCUT2D eigenvalue weighted by Crippen LogP contribution is 2.45. The second-order valence-electron chi connectivity index (χ2n) is 10.6. The lowest BCUT2D eigenvalue weighted by Crippen LogP contribution is -2.47. The summed E-state index contributed by atoms with van der Waals surface area (Å²) >= 11 is 0. The number of piperidine rings is 1. The van der Waals surface area contributed by atoms with E-state index in [4.69, 9.17) is 9.47 Å². The molecular formula is C29H47N3O2. The Kier molecular flexibility index (Phi) is 8.95. The van der Waals surface area contributed by atoms with Gasteiger partial charge < -0.3 is 19.3 Å². The number of nitrogens with zero attached hydrogens (tertiary/aromatic N) is 3. The van der Waals surface area contributed by atoms with Crippen LogP contribution in [0.25, 0.3) is 5.57 Å². The summed E-state index contributed by atoms with van der Waals surface area (Å²) in [4.78, 5) is 7.73. The van der Waals surface area contributed by atoms with Gasteiger partial charge in [-0.1, -0.05) is 32.8 Å². The molecule has 0 unspecified atom stereocenters. The molecule has 2 saturated heterocycles. The van der Waals surface area contributed by atoms with Crippen molar-refractivity contribution in [2.45, 2.75) is 64.9 Å². The van der Waals surface area contributed by atoms with Crippen LogP contribution in [-0.2, 0) is 9.47 Å². The minimum Gasteiger partial charge on any atom is -0.383 e. The van der Waals surface area contributed by atoms with Crippen LogP contribution < -0.4 is 9.80 Å². The summed E-state index contributed by atoms with van der Waals surface area (Å²) in [5, 5.41) is 0. The number of methoxy groups -OCH3 is 2. The molecule has 0 amide bonds. The van der Waals surface area contributed by atoms with E-state index in [1.165, 1.54) is 49.0 Å². The molecule has 0 atom stereocenters. The van der Waals surface area contributed by atoms with Crippen LogP contribution in [0.15, 0.2) is 24.3 Å². The van der Waals surface area contributed by atoms with Crippen molar-refractivity contribution in [2.75, 3.05) is 76.4 Å². The zero-order valence-electron chi connectivity index (χ0n) is 22.2. The molecule has 3 aliphatic rings. The zero-order chi connectivity index (χ0) is 24.0. The van der Waals surface area contributed by atoms with Crippen molar-refractivity contribution in [3.63, 3.8) is 0 Å². The van der Waals surface area contributed by atoms with Crippen molar-refractivity contribution in [3.05, 3.63) is 29.8 Å². The Balaban J connectivity index is 1.57. The van der Waals surface area contributed by atoms with E-state index in [2.05, 4.69) is 52.8 Å².